The Labute approximate surface area is 124 Å². The normalized spacial score (nSPS) is 15.4. The van der Waals surface area contributed by atoms with Crippen molar-refractivity contribution in [3.63, 3.8) is 0 Å². The number of benzene rings is 1. The van der Waals surface area contributed by atoms with Crippen molar-refractivity contribution in [3.8, 4) is 0 Å². The maximum Gasteiger partial charge on any atom is 0.151 e. The number of nitrogens with zero attached hydrogens (tertiary/aromatic N) is 4. The molecule has 0 spiro atoms. The van der Waals surface area contributed by atoms with Gasteiger partial charge >= 0.3 is 0 Å². The van der Waals surface area contributed by atoms with Crippen molar-refractivity contribution < 1.29 is 0 Å². The molecule has 2 aromatic rings. The second-order valence-corrected chi connectivity index (χ2v) is 5.17. The fraction of sp³-hybridized carbons (Fsp3) is 0.333. The zero-order valence-corrected chi connectivity index (χ0v) is 12.2. The summed E-state index contributed by atoms with van der Waals surface area (Å²) in [7, 11) is 0. The smallest absolute Gasteiger partial charge is 0.151 e. The van der Waals surface area contributed by atoms with E-state index in [9.17, 15) is 0 Å². The van der Waals surface area contributed by atoms with Crippen LogP contribution in [0.3, 0.4) is 0 Å². The van der Waals surface area contributed by atoms with Gasteiger partial charge in [-0.3, -0.25) is 0 Å². The zero-order chi connectivity index (χ0) is 13.8. The summed E-state index contributed by atoms with van der Waals surface area (Å²) < 4.78 is 0. The first kappa shape index (κ1) is 13.2. The molecule has 1 aliphatic heterocycles. The van der Waals surface area contributed by atoms with Crippen molar-refractivity contribution in [1.82, 2.24) is 10.2 Å². The van der Waals surface area contributed by atoms with E-state index in [1.165, 1.54) is 5.69 Å². The Morgan fingerprint density at radius 2 is 1.55 bits per heavy atom. The van der Waals surface area contributed by atoms with Gasteiger partial charge in [-0.15, -0.1) is 5.10 Å². The van der Waals surface area contributed by atoms with E-state index < -0.39 is 0 Å². The highest BCUT2D eigenvalue weighted by molar-refractivity contribution is 7.79. The summed E-state index contributed by atoms with van der Waals surface area (Å²) in [5, 5.41) is 8.45. The van der Waals surface area contributed by atoms with Gasteiger partial charge in [0.25, 0.3) is 0 Å². The van der Waals surface area contributed by atoms with Crippen LogP contribution in [0, 0.1) is 0 Å². The Kier molecular flexibility index (Phi) is 4.06. The second kappa shape index (κ2) is 6.13. The Bertz CT molecular complexity index is 536. The monoisotopic (exact) mass is 286 g/mol. The molecule has 1 saturated heterocycles. The molecule has 0 amide bonds. The van der Waals surface area contributed by atoms with Crippen LogP contribution >= 0.6 is 12.6 Å². The Morgan fingerprint density at radius 3 is 2.15 bits per heavy atom. The van der Waals surface area contributed by atoms with Crippen LogP contribution in [0.15, 0.2) is 42.5 Å². The molecule has 1 aliphatic rings. The summed E-state index contributed by atoms with van der Waals surface area (Å²) >= 11 is 4.20. The van der Waals surface area contributed by atoms with Gasteiger partial charge < -0.3 is 9.80 Å². The van der Waals surface area contributed by atoms with Crippen LogP contribution in [0.2, 0.25) is 0 Å². The number of hydrogen-bond donors (Lipinski definition) is 1. The van der Waals surface area contributed by atoms with Gasteiger partial charge in [-0.05, 0) is 24.3 Å². The summed E-state index contributed by atoms with van der Waals surface area (Å²) in [6.07, 6.45) is 0. The van der Waals surface area contributed by atoms with E-state index in [-0.39, 0.29) is 0 Å². The lowest BCUT2D eigenvalue weighted by Gasteiger charge is -2.36. The molecule has 0 N–H and O–H groups in total. The van der Waals surface area contributed by atoms with Gasteiger partial charge in [-0.1, -0.05) is 18.2 Å². The highest BCUT2D eigenvalue weighted by Gasteiger charge is 2.18. The van der Waals surface area contributed by atoms with Crippen LogP contribution in [0.1, 0.15) is 5.69 Å². The number of para-hydroxylation sites is 1. The molecule has 2 heterocycles. The van der Waals surface area contributed by atoms with Gasteiger partial charge in [0, 0.05) is 37.6 Å². The van der Waals surface area contributed by atoms with E-state index in [0.29, 0.717) is 5.75 Å². The van der Waals surface area contributed by atoms with Gasteiger partial charge in [0.2, 0.25) is 0 Å². The number of thiol groups is 1. The predicted molar refractivity (Wildman–Crippen MR) is 85.6 cm³/mol. The number of hydrogen-bond acceptors (Lipinski definition) is 5. The molecule has 5 heteroatoms. The molecule has 0 atom stereocenters. The van der Waals surface area contributed by atoms with Crippen LogP contribution in [-0.4, -0.2) is 36.4 Å². The molecule has 0 unspecified atom stereocenters. The van der Waals surface area contributed by atoms with E-state index in [0.717, 1.165) is 37.7 Å². The summed E-state index contributed by atoms with van der Waals surface area (Å²) in [6, 6.07) is 14.6. The van der Waals surface area contributed by atoms with Crippen molar-refractivity contribution in [2.24, 2.45) is 0 Å². The molecular formula is C15H18N4S. The fourth-order valence-electron chi connectivity index (χ4n) is 2.44. The molecule has 4 nitrogen and oxygen atoms in total. The SMILES string of the molecule is SCc1ccc(N2CCN(c3ccccc3)CC2)nn1. The Morgan fingerprint density at radius 1 is 0.850 bits per heavy atom. The Balaban J connectivity index is 1.63. The average molecular weight is 286 g/mol. The highest BCUT2D eigenvalue weighted by atomic mass is 32.1. The van der Waals surface area contributed by atoms with E-state index in [4.69, 9.17) is 0 Å². The molecule has 1 aromatic heterocycles. The predicted octanol–water partition coefficient (Wildman–Crippen LogP) is 2.23. The molecule has 3 rings (SSSR count). The van der Waals surface area contributed by atoms with Crippen molar-refractivity contribution in [3.05, 3.63) is 48.2 Å². The zero-order valence-electron chi connectivity index (χ0n) is 11.3. The first-order valence-corrected chi connectivity index (χ1v) is 7.48. The lowest BCUT2D eigenvalue weighted by molar-refractivity contribution is 0.643. The van der Waals surface area contributed by atoms with Gasteiger partial charge in [-0.2, -0.15) is 17.7 Å². The Hall–Kier alpha value is -1.75. The third-order valence-electron chi connectivity index (χ3n) is 3.59. The minimum atomic E-state index is 0.634. The number of piperazine rings is 1. The molecular weight excluding hydrogens is 268 g/mol. The van der Waals surface area contributed by atoms with E-state index in [2.05, 4.69) is 63.0 Å². The molecule has 0 radical (unpaired) electrons. The van der Waals surface area contributed by atoms with Gasteiger partial charge in [-0.25, -0.2) is 0 Å². The topological polar surface area (TPSA) is 32.3 Å². The van der Waals surface area contributed by atoms with E-state index >= 15 is 0 Å². The first-order valence-electron chi connectivity index (χ1n) is 6.85. The van der Waals surface area contributed by atoms with Crippen molar-refractivity contribution in [2.75, 3.05) is 36.0 Å². The second-order valence-electron chi connectivity index (χ2n) is 4.85. The van der Waals surface area contributed by atoms with E-state index in [1.54, 1.807) is 0 Å². The van der Waals surface area contributed by atoms with Gasteiger partial charge in [0.1, 0.15) is 0 Å². The lowest BCUT2D eigenvalue weighted by atomic mass is 10.2. The minimum absolute atomic E-state index is 0.634. The van der Waals surface area contributed by atoms with Crippen LogP contribution in [0.25, 0.3) is 0 Å². The number of aromatic nitrogens is 2. The molecule has 0 aliphatic carbocycles. The molecule has 20 heavy (non-hydrogen) atoms. The minimum Gasteiger partial charge on any atom is -0.368 e. The average Bonchev–Trinajstić information content (AvgIpc) is 2.56. The third kappa shape index (κ3) is 2.88. The van der Waals surface area contributed by atoms with Crippen LogP contribution in [0.5, 0.6) is 0 Å². The summed E-state index contributed by atoms with van der Waals surface area (Å²) in [5.74, 6) is 1.60. The maximum absolute atomic E-state index is 4.28. The van der Waals surface area contributed by atoms with Crippen molar-refractivity contribution in [1.29, 1.82) is 0 Å². The van der Waals surface area contributed by atoms with E-state index in [1.807, 2.05) is 12.1 Å². The summed E-state index contributed by atoms with van der Waals surface area (Å²) in [6.45, 7) is 3.98. The van der Waals surface area contributed by atoms with Gasteiger partial charge in [0.15, 0.2) is 5.82 Å². The molecule has 104 valence electrons. The largest absolute Gasteiger partial charge is 0.368 e. The highest BCUT2D eigenvalue weighted by Crippen LogP contribution is 2.18. The lowest BCUT2D eigenvalue weighted by Crippen LogP contribution is -2.46. The van der Waals surface area contributed by atoms with Crippen LogP contribution < -0.4 is 9.80 Å². The quantitative estimate of drug-likeness (QED) is 0.877. The molecule has 1 fully saturated rings. The molecule has 0 bridgehead atoms. The van der Waals surface area contributed by atoms with Crippen molar-refractivity contribution in [2.45, 2.75) is 5.75 Å². The fourth-order valence-corrected chi connectivity index (χ4v) is 2.61. The molecule has 1 aromatic carbocycles. The maximum atomic E-state index is 4.28. The van der Waals surface area contributed by atoms with Crippen molar-refractivity contribution >= 4 is 24.1 Å². The summed E-state index contributed by atoms with van der Waals surface area (Å²) in [4.78, 5) is 4.70. The van der Waals surface area contributed by atoms with Crippen LogP contribution in [-0.2, 0) is 5.75 Å². The third-order valence-corrected chi connectivity index (χ3v) is 3.92. The number of anilines is 2. The van der Waals surface area contributed by atoms with Crippen LogP contribution in [0.4, 0.5) is 11.5 Å². The van der Waals surface area contributed by atoms with Gasteiger partial charge in [0.05, 0.1) is 5.69 Å². The number of rotatable bonds is 3. The standard InChI is InChI=1S/C15H18N4S/c20-12-13-6-7-15(17-16-13)19-10-8-18(9-11-19)14-4-2-1-3-5-14/h1-7,20H,8-12H2. The first-order chi connectivity index (χ1) is 9.86. The molecule has 0 saturated carbocycles. The summed E-state index contributed by atoms with van der Waals surface area (Å²) in [5.41, 5.74) is 2.21.